The number of hydrogen-bond donors (Lipinski definition) is 2. The van der Waals surface area contributed by atoms with Crippen LogP contribution >= 0.6 is 0 Å². The molecule has 1 rings (SSSR count). The molecule has 76 valence electrons. The highest BCUT2D eigenvalue weighted by Crippen LogP contribution is 2.05. The molecule has 1 unspecified atom stereocenters. The van der Waals surface area contributed by atoms with Crippen LogP contribution in [0.25, 0.3) is 0 Å². The maximum Gasteiger partial charge on any atom is 0.316 e. The van der Waals surface area contributed by atoms with Crippen molar-refractivity contribution in [2.45, 2.75) is 25.3 Å². The van der Waals surface area contributed by atoms with Gasteiger partial charge in [-0.15, -0.1) is 0 Å². The number of carbonyl (C=O) groups is 1. The highest BCUT2D eigenvalue weighted by atomic mass is 16.2. The third-order valence-electron chi connectivity index (χ3n) is 2.32. The number of nitrogens with zero attached hydrogens (tertiary/aromatic N) is 1. The third kappa shape index (κ3) is 3.63. The molecule has 1 fully saturated rings. The van der Waals surface area contributed by atoms with Crippen molar-refractivity contribution in [1.29, 1.82) is 0 Å². The van der Waals surface area contributed by atoms with Crippen molar-refractivity contribution in [2.75, 3.05) is 27.2 Å². The summed E-state index contributed by atoms with van der Waals surface area (Å²) in [6.07, 6.45) is 3.71. The second kappa shape index (κ2) is 5.07. The average Bonchev–Trinajstić information content (AvgIpc) is 2.15. The minimum absolute atomic E-state index is 0.00706. The van der Waals surface area contributed by atoms with Gasteiger partial charge in [0, 0.05) is 26.7 Å². The van der Waals surface area contributed by atoms with Gasteiger partial charge in [-0.2, -0.15) is 0 Å². The van der Waals surface area contributed by atoms with Crippen LogP contribution in [0.3, 0.4) is 0 Å². The van der Waals surface area contributed by atoms with Gasteiger partial charge in [0.25, 0.3) is 0 Å². The molecule has 0 bridgehead atoms. The quantitative estimate of drug-likeness (QED) is 0.654. The van der Waals surface area contributed by atoms with Crippen LogP contribution in [-0.4, -0.2) is 44.2 Å². The van der Waals surface area contributed by atoms with E-state index in [4.69, 9.17) is 0 Å². The van der Waals surface area contributed by atoms with Crippen LogP contribution in [0.1, 0.15) is 19.3 Å². The van der Waals surface area contributed by atoms with E-state index in [9.17, 15) is 4.79 Å². The minimum Gasteiger partial charge on any atom is -0.336 e. The summed E-state index contributed by atoms with van der Waals surface area (Å²) >= 11 is 0. The monoisotopic (exact) mass is 185 g/mol. The zero-order valence-electron chi connectivity index (χ0n) is 8.47. The first-order valence-corrected chi connectivity index (χ1v) is 4.88. The SMILES string of the molecule is CN(C)C(=O)NCC1CCCCN1. The van der Waals surface area contributed by atoms with E-state index in [1.54, 1.807) is 19.0 Å². The predicted molar refractivity (Wildman–Crippen MR) is 52.7 cm³/mol. The van der Waals surface area contributed by atoms with Crippen LogP contribution in [0.15, 0.2) is 0 Å². The van der Waals surface area contributed by atoms with Crippen molar-refractivity contribution in [1.82, 2.24) is 15.5 Å². The summed E-state index contributed by atoms with van der Waals surface area (Å²) in [5.74, 6) is 0. The van der Waals surface area contributed by atoms with E-state index in [1.165, 1.54) is 19.3 Å². The molecule has 0 spiro atoms. The topological polar surface area (TPSA) is 44.4 Å². The predicted octanol–water partition coefficient (Wildman–Crippen LogP) is 0.400. The zero-order chi connectivity index (χ0) is 9.68. The molecule has 1 aliphatic heterocycles. The molecule has 0 radical (unpaired) electrons. The molecule has 1 heterocycles. The van der Waals surface area contributed by atoms with Gasteiger partial charge in [-0.25, -0.2) is 4.79 Å². The van der Waals surface area contributed by atoms with Gasteiger partial charge in [-0.1, -0.05) is 6.42 Å². The number of nitrogens with one attached hydrogen (secondary N) is 2. The van der Waals surface area contributed by atoms with Crippen LogP contribution < -0.4 is 10.6 Å². The molecule has 0 aromatic carbocycles. The van der Waals surface area contributed by atoms with Crippen LogP contribution in [0.4, 0.5) is 4.79 Å². The summed E-state index contributed by atoms with van der Waals surface area (Å²) in [5, 5.41) is 6.26. The van der Waals surface area contributed by atoms with Crippen LogP contribution in [0.2, 0.25) is 0 Å². The Morgan fingerprint density at radius 3 is 2.85 bits per heavy atom. The van der Waals surface area contributed by atoms with E-state index >= 15 is 0 Å². The number of amides is 2. The normalized spacial score (nSPS) is 22.5. The van der Waals surface area contributed by atoms with Gasteiger partial charge in [0.15, 0.2) is 0 Å². The van der Waals surface area contributed by atoms with Crippen LogP contribution in [0, 0.1) is 0 Å². The number of piperidine rings is 1. The second-order valence-electron chi connectivity index (χ2n) is 3.73. The summed E-state index contributed by atoms with van der Waals surface area (Å²) < 4.78 is 0. The lowest BCUT2D eigenvalue weighted by Crippen LogP contribution is -2.45. The summed E-state index contributed by atoms with van der Waals surface area (Å²) in [6, 6.07) is 0.463. The van der Waals surface area contributed by atoms with E-state index in [1.807, 2.05) is 0 Å². The van der Waals surface area contributed by atoms with Gasteiger partial charge in [0.1, 0.15) is 0 Å². The maximum atomic E-state index is 11.2. The Hall–Kier alpha value is -0.770. The molecule has 0 aromatic rings. The largest absolute Gasteiger partial charge is 0.336 e. The molecule has 1 aliphatic rings. The highest BCUT2D eigenvalue weighted by molar-refractivity contribution is 5.73. The molecule has 0 saturated carbocycles. The zero-order valence-corrected chi connectivity index (χ0v) is 8.47. The molecule has 4 nitrogen and oxygen atoms in total. The van der Waals surface area contributed by atoms with Gasteiger partial charge in [0.05, 0.1) is 0 Å². The fourth-order valence-corrected chi connectivity index (χ4v) is 1.47. The Bertz CT molecular complexity index is 164. The minimum atomic E-state index is -0.00706. The van der Waals surface area contributed by atoms with Crippen molar-refractivity contribution in [2.24, 2.45) is 0 Å². The molecule has 2 N–H and O–H groups in total. The highest BCUT2D eigenvalue weighted by Gasteiger charge is 2.13. The van der Waals surface area contributed by atoms with Crippen molar-refractivity contribution < 1.29 is 4.79 Å². The standard InChI is InChI=1S/C9H19N3O/c1-12(2)9(13)11-7-8-5-3-4-6-10-8/h8,10H,3-7H2,1-2H3,(H,11,13). The Morgan fingerprint density at radius 1 is 1.54 bits per heavy atom. The Balaban J connectivity index is 2.13. The number of carbonyl (C=O) groups excluding carboxylic acids is 1. The first-order chi connectivity index (χ1) is 6.20. The van der Waals surface area contributed by atoms with Crippen molar-refractivity contribution in [3.8, 4) is 0 Å². The second-order valence-corrected chi connectivity index (χ2v) is 3.73. The number of urea groups is 1. The Labute approximate surface area is 79.7 Å². The van der Waals surface area contributed by atoms with Gasteiger partial charge in [-0.3, -0.25) is 0 Å². The van der Waals surface area contributed by atoms with E-state index in [2.05, 4.69) is 10.6 Å². The van der Waals surface area contributed by atoms with E-state index in [-0.39, 0.29) is 6.03 Å². The van der Waals surface area contributed by atoms with Gasteiger partial charge in [-0.05, 0) is 19.4 Å². The molecule has 2 amide bonds. The fraction of sp³-hybridized carbons (Fsp3) is 0.889. The Morgan fingerprint density at radius 2 is 2.31 bits per heavy atom. The van der Waals surface area contributed by atoms with Crippen molar-refractivity contribution in [3.63, 3.8) is 0 Å². The first kappa shape index (κ1) is 10.3. The smallest absolute Gasteiger partial charge is 0.316 e. The molecule has 1 saturated heterocycles. The van der Waals surface area contributed by atoms with E-state index in [0.717, 1.165) is 13.1 Å². The van der Waals surface area contributed by atoms with Gasteiger partial charge in [0.2, 0.25) is 0 Å². The van der Waals surface area contributed by atoms with E-state index in [0.29, 0.717) is 6.04 Å². The third-order valence-corrected chi connectivity index (χ3v) is 2.32. The maximum absolute atomic E-state index is 11.2. The lowest BCUT2D eigenvalue weighted by Gasteiger charge is -2.24. The van der Waals surface area contributed by atoms with Crippen LogP contribution in [-0.2, 0) is 0 Å². The summed E-state index contributed by atoms with van der Waals surface area (Å²) in [4.78, 5) is 12.7. The van der Waals surface area contributed by atoms with E-state index < -0.39 is 0 Å². The molecular weight excluding hydrogens is 166 g/mol. The molecule has 0 aromatic heterocycles. The fourth-order valence-electron chi connectivity index (χ4n) is 1.47. The number of hydrogen-bond acceptors (Lipinski definition) is 2. The summed E-state index contributed by atoms with van der Waals surface area (Å²) in [6.45, 7) is 1.83. The molecule has 13 heavy (non-hydrogen) atoms. The van der Waals surface area contributed by atoms with Gasteiger partial charge < -0.3 is 15.5 Å². The van der Waals surface area contributed by atoms with Gasteiger partial charge >= 0.3 is 6.03 Å². The number of rotatable bonds is 2. The lowest BCUT2D eigenvalue weighted by atomic mass is 10.1. The lowest BCUT2D eigenvalue weighted by molar-refractivity contribution is 0.215. The summed E-state index contributed by atoms with van der Waals surface area (Å²) in [5.41, 5.74) is 0. The summed E-state index contributed by atoms with van der Waals surface area (Å²) in [7, 11) is 3.51. The molecule has 4 heteroatoms. The molecule has 0 aliphatic carbocycles. The van der Waals surface area contributed by atoms with Crippen molar-refractivity contribution in [3.05, 3.63) is 0 Å². The average molecular weight is 185 g/mol. The van der Waals surface area contributed by atoms with Crippen LogP contribution in [0.5, 0.6) is 0 Å². The molecule has 1 atom stereocenters. The first-order valence-electron chi connectivity index (χ1n) is 4.88. The molecular formula is C9H19N3O. The van der Waals surface area contributed by atoms with Crippen molar-refractivity contribution >= 4 is 6.03 Å². The Kier molecular flexibility index (Phi) is 4.02.